The molecule has 2 heterocycles. The summed E-state index contributed by atoms with van der Waals surface area (Å²) in [5.41, 5.74) is 3.47. The maximum atomic E-state index is 14.1. The van der Waals surface area contributed by atoms with Crippen molar-refractivity contribution in [3.8, 4) is 10.4 Å². The molecule has 1 aromatic heterocycles. The average Bonchev–Trinajstić information content (AvgIpc) is 3.38. The Kier molecular flexibility index (Phi) is 9.43. The van der Waals surface area contributed by atoms with Gasteiger partial charge in [-0.1, -0.05) is 42.5 Å². The molecule has 0 fully saturated rings. The Labute approximate surface area is 239 Å². The van der Waals surface area contributed by atoms with Crippen LogP contribution < -0.4 is 4.90 Å². The Hall–Kier alpha value is -2.50. The van der Waals surface area contributed by atoms with Crippen molar-refractivity contribution in [1.82, 2.24) is 0 Å². The number of esters is 1. The first kappa shape index (κ1) is 28.5. The molecule has 0 saturated heterocycles. The molecule has 0 radical (unpaired) electrons. The normalized spacial score (nSPS) is 17.0. The van der Waals surface area contributed by atoms with E-state index in [2.05, 4.69) is 15.9 Å². The molecule has 10 heteroatoms. The number of carbonyl (C=O) groups excluding carboxylic acids is 3. The van der Waals surface area contributed by atoms with Crippen LogP contribution in [0.15, 0.2) is 59.5 Å². The van der Waals surface area contributed by atoms with E-state index in [0.29, 0.717) is 17.2 Å². The van der Waals surface area contributed by atoms with Crippen molar-refractivity contribution in [3.05, 3.63) is 71.3 Å². The molecule has 38 heavy (non-hydrogen) atoms. The minimum atomic E-state index is -0.709. The van der Waals surface area contributed by atoms with Gasteiger partial charge >= 0.3 is 17.9 Å². The Balaban J connectivity index is 1.80. The summed E-state index contributed by atoms with van der Waals surface area (Å²) in [6.45, 7) is 2.41. The molecule has 4 rings (SSSR count). The van der Waals surface area contributed by atoms with Crippen LogP contribution in [0, 0.1) is 0 Å². The zero-order chi connectivity index (χ0) is 27.3. The van der Waals surface area contributed by atoms with E-state index in [0.717, 1.165) is 32.9 Å². The first-order valence-corrected chi connectivity index (χ1v) is 15.3. The van der Waals surface area contributed by atoms with Crippen molar-refractivity contribution in [3.63, 3.8) is 0 Å². The number of alkyl halides is 1. The number of urea groups is 1. The van der Waals surface area contributed by atoms with E-state index >= 15 is 0 Å². The Morgan fingerprint density at radius 3 is 2.53 bits per heavy atom. The predicted octanol–water partition coefficient (Wildman–Crippen LogP) is 6.34. The highest BCUT2D eigenvalue weighted by molar-refractivity contribution is 9.09. The SMILES string of the molecule is CCOC(=O)C[N+]1(CBr)C(=O)c2cc(-c3ccc(CCOC)cc3)sc2N(Cc2ccccc2SC)C1=O. The van der Waals surface area contributed by atoms with Crippen LogP contribution in [-0.4, -0.2) is 61.0 Å². The molecule has 0 bridgehead atoms. The minimum Gasteiger partial charge on any atom is -0.462 e. The number of thioether (sulfide) groups is 1. The van der Waals surface area contributed by atoms with Gasteiger partial charge in [0.05, 0.1) is 19.8 Å². The number of rotatable bonds is 11. The number of nitrogens with zero attached hydrogens (tertiary/aromatic N) is 2. The van der Waals surface area contributed by atoms with Gasteiger partial charge in [0.1, 0.15) is 10.6 Å². The molecule has 0 aliphatic carbocycles. The quantitative estimate of drug-likeness (QED) is 0.0822. The number of benzene rings is 2. The van der Waals surface area contributed by atoms with E-state index < -0.39 is 22.4 Å². The van der Waals surface area contributed by atoms with E-state index in [1.54, 1.807) is 30.7 Å². The highest BCUT2D eigenvalue weighted by Crippen LogP contribution is 2.44. The number of ether oxygens (including phenoxy) is 2. The maximum absolute atomic E-state index is 14.1. The van der Waals surface area contributed by atoms with Crippen molar-refractivity contribution in [2.24, 2.45) is 0 Å². The second-order valence-corrected chi connectivity index (χ2v) is 11.2. The number of carbonyl (C=O) groups is 3. The number of fused-ring (bicyclic) bond motifs is 1. The number of methoxy groups -OCH3 is 1. The molecule has 0 N–H and O–H groups in total. The lowest BCUT2D eigenvalue weighted by atomic mass is 10.1. The highest BCUT2D eigenvalue weighted by Gasteiger charge is 2.55. The number of thiophene rings is 1. The lowest BCUT2D eigenvalue weighted by Crippen LogP contribution is -2.65. The van der Waals surface area contributed by atoms with Gasteiger partial charge in [-0.2, -0.15) is 4.48 Å². The molecule has 2 aromatic carbocycles. The third kappa shape index (κ3) is 5.60. The van der Waals surface area contributed by atoms with Crippen LogP contribution >= 0.6 is 39.0 Å². The van der Waals surface area contributed by atoms with Crippen LogP contribution in [0.4, 0.5) is 9.80 Å². The molecule has 200 valence electrons. The molecular weight excluding hydrogens is 588 g/mol. The smallest absolute Gasteiger partial charge is 0.433 e. The summed E-state index contributed by atoms with van der Waals surface area (Å²) in [6, 6.07) is 17.4. The van der Waals surface area contributed by atoms with Crippen LogP contribution in [-0.2, 0) is 27.2 Å². The first-order chi connectivity index (χ1) is 18.4. The van der Waals surface area contributed by atoms with Gasteiger partial charge in [-0.15, -0.1) is 23.1 Å². The van der Waals surface area contributed by atoms with E-state index in [4.69, 9.17) is 9.47 Å². The molecule has 7 nitrogen and oxygen atoms in total. The second-order valence-electron chi connectivity index (χ2n) is 8.81. The predicted molar refractivity (Wildman–Crippen MR) is 155 cm³/mol. The molecule has 3 amide bonds. The monoisotopic (exact) mass is 617 g/mol. The van der Waals surface area contributed by atoms with Gasteiger partial charge < -0.3 is 9.47 Å². The molecule has 0 saturated carbocycles. The zero-order valence-corrected chi connectivity index (χ0v) is 24.8. The summed E-state index contributed by atoms with van der Waals surface area (Å²) in [4.78, 5) is 44.2. The van der Waals surface area contributed by atoms with Gasteiger partial charge in [0.15, 0.2) is 12.0 Å². The third-order valence-electron chi connectivity index (χ3n) is 6.44. The summed E-state index contributed by atoms with van der Waals surface area (Å²) in [5.74, 6) is -1.01. The average molecular weight is 619 g/mol. The lowest BCUT2D eigenvalue weighted by Gasteiger charge is -2.38. The van der Waals surface area contributed by atoms with Crippen LogP contribution in [0.1, 0.15) is 28.4 Å². The summed E-state index contributed by atoms with van der Waals surface area (Å²) >= 11 is 6.40. The molecule has 3 aromatic rings. The van der Waals surface area contributed by atoms with Gasteiger partial charge in [0.25, 0.3) is 0 Å². The topological polar surface area (TPSA) is 72.9 Å². The molecule has 1 unspecified atom stereocenters. The van der Waals surface area contributed by atoms with Gasteiger partial charge in [-0.05, 0) is 64.4 Å². The first-order valence-electron chi connectivity index (χ1n) is 12.2. The highest BCUT2D eigenvalue weighted by atomic mass is 79.9. The van der Waals surface area contributed by atoms with Crippen LogP contribution in [0.25, 0.3) is 10.4 Å². The number of hydrogen-bond donors (Lipinski definition) is 0. The number of halogens is 1. The Morgan fingerprint density at radius 2 is 1.87 bits per heavy atom. The summed E-state index contributed by atoms with van der Waals surface area (Å²) in [6.07, 6.45) is 2.80. The van der Waals surface area contributed by atoms with Gasteiger partial charge in [0, 0.05) is 16.9 Å². The lowest BCUT2D eigenvalue weighted by molar-refractivity contribution is -0.742. The fourth-order valence-corrected chi connectivity index (χ4v) is 6.80. The second kappa shape index (κ2) is 12.6. The molecule has 1 aliphatic rings. The van der Waals surface area contributed by atoms with E-state index in [1.807, 2.05) is 60.9 Å². The fourth-order valence-electron chi connectivity index (χ4n) is 4.43. The van der Waals surface area contributed by atoms with Gasteiger partial charge in [0.2, 0.25) is 0 Å². The van der Waals surface area contributed by atoms with E-state index in [-0.39, 0.29) is 25.2 Å². The largest absolute Gasteiger partial charge is 0.462 e. The van der Waals surface area contributed by atoms with E-state index in [1.165, 1.54) is 11.3 Å². The molecule has 1 atom stereocenters. The zero-order valence-electron chi connectivity index (χ0n) is 21.6. The third-order valence-corrected chi connectivity index (χ3v) is 9.34. The van der Waals surface area contributed by atoms with Gasteiger partial charge in [-0.25, -0.2) is 19.3 Å². The number of amides is 3. The van der Waals surface area contributed by atoms with Crippen LogP contribution in [0.3, 0.4) is 0 Å². The number of imide groups is 1. The molecule has 1 aliphatic heterocycles. The Morgan fingerprint density at radius 1 is 1.13 bits per heavy atom. The van der Waals surface area contributed by atoms with E-state index in [9.17, 15) is 14.4 Å². The van der Waals surface area contributed by atoms with Gasteiger partial charge in [-0.3, -0.25) is 0 Å². The van der Waals surface area contributed by atoms with Crippen molar-refractivity contribution in [1.29, 1.82) is 0 Å². The number of anilines is 1. The van der Waals surface area contributed by atoms with Crippen molar-refractivity contribution in [2.75, 3.05) is 43.5 Å². The number of hydrogen-bond acceptors (Lipinski definition) is 7. The molecular formula is C28H30BrN2O5S2+. The summed E-state index contributed by atoms with van der Waals surface area (Å²) in [7, 11) is 1.68. The standard InChI is InChI=1S/C28H30BrN2O5S2/c1-4-36-25(32)17-31(18-29)27(33)22-15-24(20-11-9-19(10-12-20)13-14-35-2)38-26(22)30(28(31)34)16-21-7-5-6-8-23(21)37-3/h5-12,15H,4,13-14,16-18H2,1-3H3/q+1. The minimum absolute atomic E-state index is 0.0387. The van der Waals surface area contributed by atoms with Crippen molar-refractivity contribution >= 4 is 61.9 Å². The Bertz CT molecular complexity index is 1330. The summed E-state index contributed by atoms with van der Waals surface area (Å²) < 4.78 is 9.62. The van der Waals surface area contributed by atoms with Crippen molar-refractivity contribution in [2.45, 2.75) is 24.8 Å². The van der Waals surface area contributed by atoms with Crippen molar-refractivity contribution < 1.29 is 28.3 Å². The van der Waals surface area contributed by atoms with Crippen LogP contribution in [0.2, 0.25) is 0 Å². The maximum Gasteiger partial charge on any atom is 0.433 e. The molecule has 0 spiro atoms. The summed E-state index contributed by atoms with van der Waals surface area (Å²) in [5, 5.41) is 0.591. The fraction of sp³-hybridized carbons (Fsp3) is 0.321. The number of quaternary nitrogens is 1. The van der Waals surface area contributed by atoms with Crippen LogP contribution in [0.5, 0.6) is 0 Å².